The number of rotatable bonds is 4. The van der Waals surface area contributed by atoms with Gasteiger partial charge in [-0.15, -0.1) is 0 Å². The lowest BCUT2D eigenvalue weighted by atomic mass is 9.96. The van der Waals surface area contributed by atoms with Gasteiger partial charge in [-0.3, -0.25) is 0 Å². The highest BCUT2D eigenvalue weighted by Gasteiger charge is 2.18. The zero-order valence-electron chi connectivity index (χ0n) is 26.5. The highest BCUT2D eigenvalue weighted by Crippen LogP contribution is 2.40. The molecule has 0 unspecified atom stereocenters. The minimum atomic E-state index is 0.637. The van der Waals surface area contributed by atoms with E-state index in [4.69, 9.17) is 15.0 Å². The standard InChI is InChI=1S/C45H28N4/c1-3-13-30(14-4-1)43-46-44(31-15-5-2-6-16-31)48-45(47-43)32-17-11-18-33(28-32)49-41-21-10-9-20-38(41)40-27-25-37-36-23-22-29-12-7-8-19-34(29)35(36)24-26-39(37)42(40)49/h1-28H. The molecule has 0 spiro atoms. The van der Waals surface area contributed by atoms with E-state index in [2.05, 4.69) is 114 Å². The first kappa shape index (κ1) is 27.5. The molecule has 0 amide bonds. The molecule has 10 rings (SSSR count). The molecular weight excluding hydrogens is 597 g/mol. The molecule has 0 aliphatic rings. The lowest BCUT2D eigenvalue weighted by Crippen LogP contribution is -2.01. The van der Waals surface area contributed by atoms with Gasteiger partial charge in [0.1, 0.15) is 0 Å². The molecule has 2 aromatic heterocycles. The van der Waals surface area contributed by atoms with E-state index in [0.717, 1.165) is 27.9 Å². The Balaban J connectivity index is 1.22. The minimum Gasteiger partial charge on any atom is -0.309 e. The fraction of sp³-hybridized carbons (Fsp3) is 0. The normalized spacial score (nSPS) is 11.7. The third-order valence-electron chi connectivity index (χ3n) is 9.62. The fourth-order valence-corrected chi connectivity index (χ4v) is 7.35. The number of nitrogens with zero attached hydrogens (tertiary/aromatic N) is 4. The van der Waals surface area contributed by atoms with Gasteiger partial charge in [0, 0.05) is 38.5 Å². The molecule has 0 aliphatic carbocycles. The summed E-state index contributed by atoms with van der Waals surface area (Å²) in [6.45, 7) is 0. The van der Waals surface area contributed by atoms with Crippen molar-refractivity contribution >= 4 is 54.1 Å². The number of aromatic nitrogens is 4. The monoisotopic (exact) mass is 624 g/mol. The van der Waals surface area contributed by atoms with E-state index < -0.39 is 0 Å². The van der Waals surface area contributed by atoms with Gasteiger partial charge in [-0.2, -0.15) is 0 Å². The van der Waals surface area contributed by atoms with Crippen LogP contribution in [0.2, 0.25) is 0 Å². The van der Waals surface area contributed by atoms with Crippen LogP contribution in [0, 0.1) is 0 Å². The van der Waals surface area contributed by atoms with Crippen LogP contribution in [0.4, 0.5) is 0 Å². The third-order valence-corrected chi connectivity index (χ3v) is 9.62. The van der Waals surface area contributed by atoms with Crippen LogP contribution < -0.4 is 0 Å². The summed E-state index contributed by atoms with van der Waals surface area (Å²) in [5.41, 5.74) is 6.24. The molecule has 0 bridgehead atoms. The average molecular weight is 625 g/mol. The van der Waals surface area contributed by atoms with E-state index in [1.807, 2.05) is 60.7 Å². The van der Waals surface area contributed by atoms with Crippen LogP contribution in [-0.2, 0) is 0 Å². The van der Waals surface area contributed by atoms with E-state index >= 15 is 0 Å². The van der Waals surface area contributed by atoms with Crippen LogP contribution in [0.3, 0.4) is 0 Å². The van der Waals surface area contributed by atoms with Gasteiger partial charge < -0.3 is 4.57 Å². The van der Waals surface area contributed by atoms with Crippen molar-refractivity contribution in [3.05, 3.63) is 170 Å². The molecule has 0 saturated heterocycles. The molecule has 0 radical (unpaired) electrons. The molecule has 0 fully saturated rings. The lowest BCUT2D eigenvalue weighted by Gasteiger charge is -2.13. The van der Waals surface area contributed by atoms with Crippen LogP contribution >= 0.6 is 0 Å². The van der Waals surface area contributed by atoms with Crippen LogP contribution in [0.25, 0.3) is 94.0 Å². The smallest absolute Gasteiger partial charge is 0.164 e. The summed E-state index contributed by atoms with van der Waals surface area (Å²) >= 11 is 0. The Morgan fingerprint density at radius 2 is 0.816 bits per heavy atom. The SMILES string of the molecule is c1ccc(-c2nc(-c3ccccc3)nc(-c3cccc(-n4c5ccccc5c5ccc6c7ccc8ccccc8c7ccc6c54)c3)n2)cc1. The molecular formula is C45H28N4. The van der Waals surface area contributed by atoms with Crippen molar-refractivity contribution in [3.8, 4) is 39.9 Å². The highest BCUT2D eigenvalue weighted by atomic mass is 15.0. The maximum Gasteiger partial charge on any atom is 0.164 e. The van der Waals surface area contributed by atoms with Gasteiger partial charge in [-0.25, -0.2) is 15.0 Å². The molecule has 0 atom stereocenters. The van der Waals surface area contributed by atoms with E-state index in [1.165, 1.54) is 48.6 Å². The molecule has 0 aliphatic heterocycles. The maximum atomic E-state index is 5.02. The Hall–Kier alpha value is -6.65. The second kappa shape index (κ2) is 11.0. The molecule has 2 heterocycles. The van der Waals surface area contributed by atoms with Crippen molar-refractivity contribution in [1.29, 1.82) is 0 Å². The van der Waals surface area contributed by atoms with E-state index in [1.54, 1.807) is 0 Å². The van der Waals surface area contributed by atoms with E-state index in [9.17, 15) is 0 Å². The van der Waals surface area contributed by atoms with Crippen molar-refractivity contribution < 1.29 is 0 Å². The Kier molecular flexibility index (Phi) is 6.15. The van der Waals surface area contributed by atoms with Crippen molar-refractivity contribution in [1.82, 2.24) is 19.5 Å². The van der Waals surface area contributed by atoms with Crippen LogP contribution in [0.15, 0.2) is 170 Å². The topological polar surface area (TPSA) is 43.6 Å². The Bertz CT molecular complexity index is 2820. The zero-order valence-corrected chi connectivity index (χ0v) is 26.5. The second-order valence-corrected chi connectivity index (χ2v) is 12.4. The molecule has 0 saturated carbocycles. The van der Waals surface area contributed by atoms with Gasteiger partial charge in [-0.1, -0.05) is 152 Å². The van der Waals surface area contributed by atoms with Gasteiger partial charge in [0.05, 0.1) is 11.0 Å². The second-order valence-electron chi connectivity index (χ2n) is 12.4. The number of fused-ring (bicyclic) bond motifs is 9. The Morgan fingerprint density at radius 1 is 0.327 bits per heavy atom. The molecule has 10 aromatic rings. The summed E-state index contributed by atoms with van der Waals surface area (Å²) in [4.78, 5) is 15.0. The number of benzene rings is 8. The van der Waals surface area contributed by atoms with Crippen LogP contribution in [0.1, 0.15) is 0 Å². The quantitative estimate of drug-likeness (QED) is 0.183. The number of hydrogen-bond donors (Lipinski definition) is 0. The summed E-state index contributed by atoms with van der Waals surface area (Å²) in [5.74, 6) is 1.94. The third kappa shape index (κ3) is 4.42. The van der Waals surface area contributed by atoms with Gasteiger partial charge in [0.25, 0.3) is 0 Å². The van der Waals surface area contributed by atoms with Gasteiger partial charge in [0.15, 0.2) is 17.5 Å². The molecule has 8 aromatic carbocycles. The molecule has 228 valence electrons. The molecule has 49 heavy (non-hydrogen) atoms. The van der Waals surface area contributed by atoms with Gasteiger partial charge in [-0.05, 0) is 45.1 Å². The first-order valence-corrected chi connectivity index (χ1v) is 16.5. The molecule has 0 N–H and O–H groups in total. The first-order chi connectivity index (χ1) is 24.3. The van der Waals surface area contributed by atoms with Crippen LogP contribution in [0.5, 0.6) is 0 Å². The fourth-order valence-electron chi connectivity index (χ4n) is 7.35. The molecule has 4 nitrogen and oxygen atoms in total. The van der Waals surface area contributed by atoms with Crippen molar-refractivity contribution in [3.63, 3.8) is 0 Å². The summed E-state index contributed by atoms with van der Waals surface area (Å²) < 4.78 is 2.40. The number of hydrogen-bond acceptors (Lipinski definition) is 3. The minimum absolute atomic E-state index is 0.637. The van der Waals surface area contributed by atoms with Crippen molar-refractivity contribution in [2.45, 2.75) is 0 Å². The molecule has 4 heteroatoms. The van der Waals surface area contributed by atoms with E-state index in [0.29, 0.717) is 17.5 Å². The highest BCUT2D eigenvalue weighted by molar-refractivity contribution is 6.25. The summed E-state index contributed by atoms with van der Waals surface area (Å²) in [6, 6.07) is 59.8. The van der Waals surface area contributed by atoms with E-state index in [-0.39, 0.29) is 0 Å². The largest absolute Gasteiger partial charge is 0.309 e. The Morgan fingerprint density at radius 3 is 1.53 bits per heavy atom. The predicted octanol–water partition coefficient (Wildman–Crippen LogP) is 11.4. The zero-order chi connectivity index (χ0) is 32.3. The lowest BCUT2D eigenvalue weighted by molar-refractivity contribution is 1.07. The number of para-hydroxylation sites is 1. The van der Waals surface area contributed by atoms with Crippen molar-refractivity contribution in [2.24, 2.45) is 0 Å². The predicted molar refractivity (Wildman–Crippen MR) is 203 cm³/mol. The summed E-state index contributed by atoms with van der Waals surface area (Å²) in [7, 11) is 0. The average Bonchev–Trinajstić information content (AvgIpc) is 3.53. The maximum absolute atomic E-state index is 5.02. The summed E-state index contributed by atoms with van der Waals surface area (Å²) in [6.07, 6.45) is 0. The first-order valence-electron chi connectivity index (χ1n) is 16.5. The van der Waals surface area contributed by atoms with Crippen LogP contribution in [-0.4, -0.2) is 19.5 Å². The van der Waals surface area contributed by atoms with Gasteiger partial charge in [0.2, 0.25) is 0 Å². The Labute approximate surface area is 282 Å². The summed E-state index contributed by atoms with van der Waals surface area (Å²) in [5, 5.41) is 9.98. The van der Waals surface area contributed by atoms with Crippen molar-refractivity contribution in [2.75, 3.05) is 0 Å². The van der Waals surface area contributed by atoms with Gasteiger partial charge >= 0.3 is 0 Å².